The van der Waals surface area contributed by atoms with Crippen molar-refractivity contribution in [3.8, 4) is 0 Å². The second-order valence-corrected chi connectivity index (χ2v) is 2.44. The molecule has 0 aromatic heterocycles. The fraction of sp³-hybridized carbons (Fsp3) is 1.00. The lowest BCUT2D eigenvalue weighted by atomic mass is 10.3. The molecule has 3 N–H and O–H groups in total. The van der Waals surface area contributed by atoms with E-state index in [-0.39, 0.29) is 12.7 Å². The molecule has 0 amide bonds. The summed E-state index contributed by atoms with van der Waals surface area (Å²) in [5.41, 5.74) is 0. The van der Waals surface area contributed by atoms with E-state index < -0.39 is 0 Å². The summed E-state index contributed by atoms with van der Waals surface area (Å²) >= 11 is 0. The number of unbranched alkanes of at least 4 members (excludes halogenated alkanes) is 1. The van der Waals surface area contributed by atoms with Crippen LogP contribution < -0.4 is 0 Å². The van der Waals surface area contributed by atoms with Gasteiger partial charge in [-0.2, -0.15) is 0 Å². The summed E-state index contributed by atoms with van der Waals surface area (Å²) in [6.07, 6.45) is 2.17. The maximum absolute atomic E-state index is 8.39. The van der Waals surface area contributed by atoms with Crippen LogP contribution in [0.4, 0.5) is 0 Å². The molecule has 0 aromatic carbocycles. The molecule has 70 valence electrons. The van der Waals surface area contributed by atoms with E-state index in [1.165, 1.54) is 0 Å². The summed E-state index contributed by atoms with van der Waals surface area (Å²) in [4.78, 5) is 0. The third-order valence-electron chi connectivity index (χ3n) is 1.06. The van der Waals surface area contributed by atoms with E-state index in [1.54, 1.807) is 6.92 Å². The number of aliphatic hydroxyl groups excluding tert-OH is 3. The quantitative estimate of drug-likeness (QED) is 0.568. The van der Waals surface area contributed by atoms with Crippen molar-refractivity contribution in [3.63, 3.8) is 0 Å². The summed E-state index contributed by atoms with van der Waals surface area (Å²) in [7, 11) is 0. The van der Waals surface area contributed by atoms with Gasteiger partial charge in [-0.25, -0.2) is 0 Å². The zero-order valence-corrected chi connectivity index (χ0v) is 7.45. The van der Waals surface area contributed by atoms with Crippen molar-refractivity contribution >= 4 is 0 Å². The highest BCUT2D eigenvalue weighted by atomic mass is 16.3. The molecule has 0 fully saturated rings. The van der Waals surface area contributed by atoms with Crippen LogP contribution in [-0.2, 0) is 0 Å². The standard InChI is InChI=1S/C4H10O2.C4H10O/c1-4(6)2-3-5;1-2-3-4-5/h4-6H,2-3H2,1H3;5H,2-4H2,1H3. The van der Waals surface area contributed by atoms with Gasteiger partial charge >= 0.3 is 0 Å². The highest BCUT2D eigenvalue weighted by Gasteiger charge is 1.88. The van der Waals surface area contributed by atoms with Crippen LogP contribution in [0.15, 0.2) is 0 Å². The molecule has 0 spiro atoms. The first-order chi connectivity index (χ1) is 5.18. The molecule has 0 rings (SSSR count). The summed E-state index contributed by atoms with van der Waals surface area (Å²) in [6, 6.07) is 0. The lowest BCUT2D eigenvalue weighted by molar-refractivity contribution is 0.148. The van der Waals surface area contributed by atoms with Crippen LogP contribution in [0.5, 0.6) is 0 Å². The average molecular weight is 164 g/mol. The summed E-state index contributed by atoms with van der Waals surface area (Å²) in [6.45, 7) is 4.13. The van der Waals surface area contributed by atoms with Crippen molar-refractivity contribution in [2.45, 2.75) is 39.2 Å². The first-order valence-corrected chi connectivity index (χ1v) is 4.08. The van der Waals surface area contributed by atoms with Crippen LogP contribution in [0.2, 0.25) is 0 Å². The molecule has 0 bridgehead atoms. The molecule has 0 aliphatic carbocycles. The largest absolute Gasteiger partial charge is 0.396 e. The van der Waals surface area contributed by atoms with Gasteiger partial charge in [0.2, 0.25) is 0 Å². The van der Waals surface area contributed by atoms with Gasteiger partial charge < -0.3 is 15.3 Å². The van der Waals surface area contributed by atoms with Gasteiger partial charge in [0.05, 0.1) is 6.10 Å². The van der Waals surface area contributed by atoms with Gasteiger partial charge in [0.15, 0.2) is 0 Å². The molecule has 0 saturated carbocycles. The zero-order chi connectivity index (χ0) is 9.11. The minimum absolute atomic E-state index is 0.0810. The smallest absolute Gasteiger partial charge is 0.0533 e. The summed E-state index contributed by atoms with van der Waals surface area (Å²) in [5.74, 6) is 0. The van der Waals surface area contributed by atoms with E-state index in [9.17, 15) is 0 Å². The molecular weight excluding hydrogens is 144 g/mol. The third-order valence-corrected chi connectivity index (χ3v) is 1.06. The van der Waals surface area contributed by atoms with Crippen LogP contribution in [0, 0.1) is 0 Å². The Labute approximate surface area is 68.7 Å². The van der Waals surface area contributed by atoms with Crippen molar-refractivity contribution in [1.29, 1.82) is 0 Å². The Bertz CT molecular complexity index is 53.3. The minimum atomic E-state index is -0.352. The van der Waals surface area contributed by atoms with Crippen molar-refractivity contribution < 1.29 is 15.3 Å². The molecule has 0 heterocycles. The van der Waals surface area contributed by atoms with E-state index in [1.807, 2.05) is 0 Å². The van der Waals surface area contributed by atoms with E-state index in [2.05, 4.69) is 6.92 Å². The third kappa shape index (κ3) is 25.8. The predicted octanol–water partition coefficient (Wildman–Crippen LogP) is 0.528. The van der Waals surface area contributed by atoms with Gasteiger partial charge in [-0.15, -0.1) is 0 Å². The predicted molar refractivity (Wildman–Crippen MR) is 45.4 cm³/mol. The van der Waals surface area contributed by atoms with Gasteiger partial charge in [0, 0.05) is 13.2 Å². The second kappa shape index (κ2) is 12.5. The number of hydrogen-bond donors (Lipinski definition) is 3. The van der Waals surface area contributed by atoms with Crippen molar-refractivity contribution in [2.75, 3.05) is 13.2 Å². The lowest BCUT2D eigenvalue weighted by Crippen LogP contribution is -2.00. The first kappa shape index (κ1) is 13.5. The molecule has 3 heteroatoms. The Kier molecular flexibility index (Phi) is 15.4. The van der Waals surface area contributed by atoms with Crippen molar-refractivity contribution in [1.82, 2.24) is 0 Å². The Morgan fingerprint density at radius 2 is 1.73 bits per heavy atom. The average Bonchev–Trinajstić information content (AvgIpc) is 1.90. The molecular formula is C8H20O3. The van der Waals surface area contributed by atoms with Gasteiger partial charge in [-0.1, -0.05) is 13.3 Å². The number of rotatable bonds is 4. The molecule has 0 saturated heterocycles. The molecule has 0 aromatic rings. The van der Waals surface area contributed by atoms with E-state index in [0.29, 0.717) is 13.0 Å². The molecule has 1 unspecified atom stereocenters. The van der Waals surface area contributed by atoms with Crippen LogP contribution >= 0.6 is 0 Å². The SMILES string of the molecule is CC(O)CCO.CCCCO. The Hall–Kier alpha value is -0.120. The van der Waals surface area contributed by atoms with Crippen molar-refractivity contribution in [3.05, 3.63) is 0 Å². The highest BCUT2D eigenvalue weighted by Crippen LogP contribution is 1.83. The molecule has 0 radical (unpaired) electrons. The van der Waals surface area contributed by atoms with Crippen molar-refractivity contribution in [2.24, 2.45) is 0 Å². The lowest BCUT2D eigenvalue weighted by Gasteiger charge is -1.95. The van der Waals surface area contributed by atoms with Gasteiger partial charge in [0.1, 0.15) is 0 Å². The van der Waals surface area contributed by atoms with Crippen LogP contribution in [0.25, 0.3) is 0 Å². The molecule has 1 atom stereocenters. The van der Waals surface area contributed by atoms with Gasteiger partial charge in [-0.05, 0) is 19.8 Å². The summed E-state index contributed by atoms with van der Waals surface area (Å²) in [5, 5.41) is 24.5. The Morgan fingerprint density at radius 3 is 1.73 bits per heavy atom. The van der Waals surface area contributed by atoms with Crippen LogP contribution in [-0.4, -0.2) is 34.6 Å². The fourth-order valence-electron chi connectivity index (χ4n) is 0.345. The second-order valence-electron chi connectivity index (χ2n) is 2.44. The highest BCUT2D eigenvalue weighted by molar-refractivity contribution is 4.40. The number of aliphatic hydroxyl groups is 3. The Balaban J connectivity index is 0. The topological polar surface area (TPSA) is 60.7 Å². The fourth-order valence-corrected chi connectivity index (χ4v) is 0.345. The van der Waals surface area contributed by atoms with E-state index in [4.69, 9.17) is 15.3 Å². The number of hydrogen-bond acceptors (Lipinski definition) is 3. The zero-order valence-electron chi connectivity index (χ0n) is 7.45. The van der Waals surface area contributed by atoms with Gasteiger partial charge in [0.25, 0.3) is 0 Å². The summed E-state index contributed by atoms with van der Waals surface area (Å²) < 4.78 is 0. The van der Waals surface area contributed by atoms with Gasteiger partial charge in [-0.3, -0.25) is 0 Å². The molecule has 11 heavy (non-hydrogen) atoms. The monoisotopic (exact) mass is 164 g/mol. The minimum Gasteiger partial charge on any atom is -0.396 e. The molecule has 3 nitrogen and oxygen atoms in total. The maximum Gasteiger partial charge on any atom is 0.0533 e. The van der Waals surface area contributed by atoms with Crippen LogP contribution in [0.3, 0.4) is 0 Å². The van der Waals surface area contributed by atoms with E-state index in [0.717, 1.165) is 12.8 Å². The first-order valence-electron chi connectivity index (χ1n) is 4.08. The van der Waals surface area contributed by atoms with Crippen LogP contribution in [0.1, 0.15) is 33.1 Å². The molecule has 0 aliphatic heterocycles. The maximum atomic E-state index is 8.39. The Morgan fingerprint density at radius 1 is 1.18 bits per heavy atom. The normalized spacial score (nSPS) is 11.7. The molecule has 0 aliphatic rings. The van der Waals surface area contributed by atoms with E-state index >= 15 is 0 Å².